The minimum atomic E-state index is 0.403. The highest BCUT2D eigenvalue weighted by Crippen LogP contribution is 2.28. The Labute approximate surface area is 77.6 Å². The Balaban J connectivity index is 2.03. The van der Waals surface area contributed by atoms with Gasteiger partial charge < -0.3 is 0 Å². The number of hydrogen-bond acceptors (Lipinski definition) is 3. The zero-order valence-corrected chi connectivity index (χ0v) is 7.65. The number of hydrogen-bond donors (Lipinski definition) is 1. The molecule has 0 unspecified atom stereocenters. The van der Waals surface area contributed by atoms with E-state index >= 15 is 0 Å². The maximum Gasteiger partial charge on any atom is 0.112 e. The van der Waals surface area contributed by atoms with Crippen molar-refractivity contribution < 1.29 is 4.84 Å². The van der Waals surface area contributed by atoms with Gasteiger partial charge in [0.05, 0.1) is 11.7 Å². The van der Waals surface area contributed by atoms with Gasteiger partial charge in [-0.3, -0.25) is 9.52 Å². The number of aromatic nitrogens is 2. The average molecular weight is 181 g/mol. The first-order valence-corrected chi connectivity index (χ1v) is 4.76. The van der Waals surface area contributed by atoms with Crippen LogP contribution in [0.5, 0.6) is 0 Å². The summed E-state index contributed by atoms with van der Waals surface area (Å²) in [6.07, 6.45) is 7.18. The van der Waals surface area contributed by atoms with Gasteiger partial charge in [-0.15, -0.1) is 0 Å². The van der Waals surface area contributed by atoms with Gasteiger partial charge in [-0.25, -0.2) is 5.90 Å². The molecule has 1 aliphatic rings. The Kier molecular flexibility index (Phi) is 2.61. The van der Waals surface area contributed by atoms with Crippen LogP contribution in [0.1, 0.15) is 37.4 Å². The zero-order chi connectivity index (χ0) is 9.10. The van der Waals surface area contributed by atoms with Crippen molar-refractivity contribution in [2.75, 3.05) is 0 Å². The predicted molar refractivity (Wildman–Crippen MR) is 48.7 cm³/mol. The lowest BCUT2D eigenvalue weighted by molar-refractivity contribution is 0.120. The molecule has 2 N–H and O–H groups in total. The molecule has 1 saturated carbocycles. The molecule has 1 aromatic rings. The zero-order valence-electron chi connectivity index (χ0n) is 7.65. The third-order valence-corrected chi connectivity index (χ3v) is 2.59. The Hall–Kier alpha value is -0.870. The number of nitrogens with two attached hydrogens (primary N) is 1. The molecule has 2 rings (SSSR count). The molecule has 72 valence electrons. The van der Waals surface area contributed by atoms with Gasteiger partial charge in [-0.05, 0) is 18.9 Å². The summed E-state index contributed by atoms with van der Waals surface area (Å²) in [6, 6.07) is 2.57. The van der Waals surface area contributed by atoms with Crippen molar-refractivity contribution >= 4 is 0 Å². The first kappa shape index (κ1) is 8.72. The Morgan fingerprint density at radius 2 is 2.31 bits per heavy atom. The summed E-state index contributed by atoms with van der Waals surface area (Å²) in [4.78, 5) is 4.53. The van der Waals surface area contributed by atoms with Crippen LogP contribution < -0.4 is 5.90 Å². The molecule has 0 amide bonds. The molecule has 1 aromatic heterocycles. The fourth-order valence-corrected chi connectivity index (χ4v) is 1.91. The number of nitrogens with zero attached hydrogens (tertiary/aromatic N) is 2. The summed E-state index contributed by atoms with van der Waals surface area (Å²) >= 11 is 0. The van der Waals surface area contributed by atoms with E-state index in [9.17, 15) is 0 Å². The summed E-state index contributed by atoms with van der Waals surface area (Å²) in [7, 11) is 0. The molecule has 0 atom stereocenters. The van der Waals surface area contributed by atoms with Crippen LogP contribution in [0.4, 0.5) is 0 Å². The van der Waals surface area contributed by atoms with E-state index in [4.69, 9.17) is 5.90 Å². The minimum absolute atomic E-state index is 0.403. The molecule has 0 aromatic carbocycles. The molecule has 1 fully saturated rings. The molecule has 4 heteroatoms. The van der Waals surface area contributed by atoms with Gasteiger partial charge in [0.15, 0.2) is 0 Å². The molecular weight excluding hydrogens is 166 g/mol. The molecule has 0 spiro atoms. The Morgan fingerprint density at radius 3 is 3.00 bits per heavy atom. The molecule has 1 aliphatic carbocycles. The molecule has 0 bridgehead atoms. The van der Waals surface area contributed by atoms with Crippen LogP contribution in [-0.4, -0.2) is 9.78 Å². The smallest absolute Gasteiger partial charge is 0.112 e. The lowest BCUT2D eigenvalue weighted by atomic mass is 10.3. The Morgan fingerprint density at radius 1 is 1.54 bits per heavy atom. The minimum Gasteiger partial charge on any atom is -0.298 e. The van der Waals surface area contributed by atoms with Gasteiger partial charge in [0, 0.05) is 6.20 Å². The highest BCUT2D eigenvalue weighted by Gasteiger charge is 2.17. The molecule has 0 aliphatic heterocycles. The van der Waals surface area contributed by atoms with E-state index in [1.807, 2.05) is 16.9 Å². The standard InChI is InChI=1S/C9H15N3O/c10-13-7-8-5-6-12(11-8)9-3-1-2-4-9/h5-6,9H,1-4,7,10H2. The second kappa shape index (κ2) is 3.89. The van der Waals surface area contributed by atoms with Crippen molar-refractivity contribution in [2.45, 2.75) is 38.3 Å². The lowest BCUT2D eigenvalue weighted by Crippen LogP contribution is -2.06. The van der Waals surface area contributed by atoms with Crippen LogP contribution in [0.3, 0.4) is 0 Å². The van der Waals surface area contributed by atoms with Crippen molar-refractivity contribution in [3.63, 3.8) is 0 Å². The topological polar surface area (TPSA) is 53.1 Å². The van der Waals surface area contributed by atoms with Crippen LogP contribution in [0.2, 0.25) is 0 Å². The van der Waals surface area contributed by atoms with Gasteiger partial charge in [0.1, 0.15) is 6.61 Å². The second-order valence-electron chi connectivity index (χ2n) is 3.54. The van der Waals surface area contributed by atoms with Crippen LogP contribution in [-0.2, 0) is 11.4 Å². The van der Waals surface area contributed by atoms with Crippen molar-refractivity contribution in [3.8, 4) is 0 Å². The maximum absolute atomic E-state index is 4.97. The molecule has 0 saturated heterocycles. The van der Waals surface area contributed by atoms with E-state index in [-0.39, 0.29) is 0 Å². The maximum atomic E-state index is 4.97. The lowest BCUT2D eigenvalue weighted by Gasteiger charge is -2.08. The van der Waals surface area contributed by atoms with Crippen LogP contribution in [0.15, 0.2) is 12.3 Å². The SMILES string of the molecule is NOCc1ccn(C2CCCC2)n1. The third kappa shape index (κ3) is 1.89. The first-order chi connectivity index (χ1) is 6.40. The van der Waals surface area contributed by atoms with Gasteiger partial charge in [0.2, 0.25) is 0 Å². The molecule has 0 radical (unpaired) electrons. The molecular formula is C9H15N3O. The molecule has 1 heterocycles. The van der Waals surface area contributed by atoms with Crippen LogP contribution in [0.25, 0.3) is 0 Å². The normalized spacial score (nSPS) is 18.2. The quantitative estimate of drug-likeness (QED) is 0.717. The summed E-state index contributed by atoms with van der Waals surface area (Å²) in [6.45, 7) is 0.403. The number of rotatable bonds is 3. The summed E-state index contributed by atoms with van der Waals surface area (Å²) in [5.74, 6) is 4.97. The Bertz CT molecular complexity index is 266. The molecule has 4 nitrogen and oxygen atoms in total. The molecule has 13 heavy (non-hydrogen) atoms. The van der Waals surface area contributed by atoms with Crippen LogP contribution in [0, 0.1) is 0 Å². The van der Waals surface area contributed by atoms with Crippen molar-refractivity contribution in [1.29, 1.82) is 0 Å². The summed E-state index contributed by atoms with van der Waals surface area (Å²) in [5.41, 5.74) is 0.911. The van der Waals surface area contributed by atoms with E-state index in [1.165, 1.54) is 25.7 Å². The average Bonchev–Trinajstić information content (AvgIpc) is 2.70. The fraction of sp³-hybridized carbons (Fsp3) is 0.667. The van der Waals surface area contributed by atoms with Crippen molar-refractivity contribution in [1.82, 2.24) is 9.78 Å². The first-order valence-electron chi connectivity index (χ1n) is 4.76. The van der Waals surface area contributed by atoms with E-state index in [0.717, 1.165) is 5.69 Å². The van der Waals surface area contributed by atoms with E-state index in [1.54, 1.807) is 0 Å². The van der Waals surface area contributed by atoms with E-state index in [2.05, 4.69) is 9.94 Å². The second-order valence-corrected chi connectivity index (χ2v) is 3.54. The predicted octanol–water partition coefficient (Wildman–Crippen LogP) is 1.39. The monoisotopic (exact) mass is 181 g/mol. The van der Waals surface area contributed by atoms with E-state index in [0.29, 0.717) is 12.6 Å². The van der Waals surface area contributed by atoms with Gasteiger partial charge >= 0.3 is 0 Å². The highest BCUT2D eigenvalue weighted by molar-refractivity contribution is 4.98. The third-order valence-electron chi connectivity index (χ3n) is 2.59. The van der Waals surface area contributed by atoms with Gasteiger partial charge in [-0.2, -0.15) is 5.10 Å². The van der Waals surface area contributed by atoms with Crippen LogP contribution >= 0.6 is 0 Å². The van der Waals surface area contributed by atoms with E-state index < -0.39 is 0 Å². The summed E-state index contributed by atoms with van der Waals surface area (Å²) in [5, 5.41) is 4.39. The van der Waals surface area contributed by atoms with Gasteiger partial charge in [-0.1, -0.05) is 12.8 Å². The van der Waals surface area contributed by atoms with Gasteiger partial charge in [0.25, 0.3) is 0 Å². The highest BCUT2D eigenvalue weighted by atomic mass is 16.6. The summed E-state index contributed by atoms with van der Waals surface area (Å²) < 4.78 is 2.04. The fourth-order valence-electron chi connectivity index (χ4n) is 1.91. The van der Waals surface area contributed by atoms with Crippen molar-refractivity contribution in [3.05, 3.63) is 18.0 Å². The van der Waals surface area contributed by atoms with Crippen molar-refractivity contribution in [2.24, 2.45) is 5.90 Å². The largest absolute Gasteiger partial charge is 0.298 e.